The van der Waals surface area contributed by atoms with E-state index in [-0.39, 0.29) is 21.9 Å². The van der Waals surface area contributed by atoms with E-state index in [4.69, 9.17) is 0 Å². The van der Waals surface area contributed by atoms with Crippen LogP contribution in [0, 0.1) is 0 Å². The number of hydrogen-bond donors (Lipinski definition) is 2. The Morgan fingerprint density at radius 1 is 0.704 bits per heavy atom. The van der Waals surface area contributed by atoms with Crippen LogP contribution in [0.4, 0.5) is 0 Å². The summed E-state index contributed by atoms with van der Waals surface area (Å²) < 4.78 is 0. The Balaban J connectivity index is 1.48. The molecule has 0 heterocycles. The van der Waals surface area contributed by atoms with Gasteiger partial charge in [0, 0.05) is 36.5 Å². The molecule has 1 amide bonds. The number of rotatable bonds is 10. The molecule has 0 atom stereocenters. The topological polar surface area (TPSA) is 75.3 Å². The first kappa shape index (κ1) is 21.2. The highest BCUT2D eigenvalue weighted by Gasteiger charge is 2.09. The molecule has 0 aliphatic carbocycles. The molecule has 0 aromatic heterocycles. The van der Waals surface area contributed by atoms with Crippen molar-refractivity contribution in [1.29, 1.82) is 0 Å². The second-order valence-electron chi connectivity index (χ2n) is 5.54. The van der Waals surface area contributed by atoms with Crippen LogP contribution in [0.15, 0.2) is 60.7 Å². The van der Waals surface area contributed by atoms with Crippen molar-refractivity contribution in [2.45, 2.75) is 0 Å². The lowest BCUT2D eigenvalue weighted by atomic mass is 10.2. The molecule has 0 aliphatic heterocycles. The monoisotopic (exact) mass is 402 g/mol. The molecule has 27 heavy (non-hydrogen) atoms. The molecule has 0 spiro atoms. The van der Waals surface area contributed by atoms with Crippen LogP contribution >= 0.6 is 23.5 Å². The van der Waals surface area contributed by atoms with Crippen molar-refractivity contribution < 1.29 is 14.4 Å². The van der Waals surface area contributed by atoms with Crippen molar-refractivity contribution in [3.8, 4) is 0 Å². The molecule has 2 N–H and O–H groups in total. The Bertz CT molecular complexity index is 739. The lowest BCUT2D eigenvalue weighted by Crippen LogP contribution is -2.33. The van der Waals surface area contributed by atoms with Crippen LogP contribution < -0.4 is 10.6 Å². The summed E-state index contributed by atoms with van der Waals surface area (Å²) in [5.74, 6) is 0.609. The highest BCUT2D eigenvalue weighted by atomic mass is 32.2. The second kappa shape index (κ2) is 12.3. The van der Waals surface area contributed by atoms with E-state index in [0.29, 0.717) is 36.5 Å². The van der Waals surface area contributed by atoms with E-state index in [1.54, 1.807) is 36.4 Å². The molecule has 5 nitrogen and oxygen atoms in total. The predicted molar refractivity (Wildman–Crippen MR) is 112 cm³/mol. The van der Waals surface area contributed by atoms with Crippen LogP contribution in [0.1, 0.15) is 20.7 Å². The van der Waals surface area contributed by atoms with Crippen LogP contribution in [0.5, 0.6) is 0 Å². The van der Waals surface area contributed by atoms with Crippen molar-refractivity contribution in [3.63, 3.8) is 0 Å². The molecular weight excluding hydrogens is 380 g/mol. The van der Waals surface area contributed by atoms with Crippen molar-refractivity contribution in [3.05, 3.63) is 71.8 Å². The van der Waals surface area contributed by atoms with Gasteiger partial charge in [0.15, 0.2) is 0 Å². The van der Waals surface area contributed by atoms with Crippen molar-refractivity contribution in [2.24, 2.45) is 0 Å². The third-order valence-electron chi connectivity index (χ3n) is 3.49. The Morgan fingerprint density at radius 3 is 1.85 bits per heavy atom. The van der Waals surface area contributed by atoms with Gasteiger partial charge in [0.1, 0.15) is 0 Å². The molecule has 7 heteroatoms. The molecule has 142 valence electrons. The van der Waals surface area contributed by atoms with Crippen LogP contribution in [0.25, 0.3) is 0 Å². The summed E-state index contributed by atoms with van der Waals surface area (Å²) in [6.45, 7) is 1.78. The molecule has 0 bridgehead atoms. The van der Waals surface area contributed by atoms with Crippen LogP contribution in [-0.2, 0) is 4.79 Å². The first-order valence-electron chi connectivity index (χ1n) is 8.58. The van der Waals surface area contributed by atoms with Crippen molar-refractivity contribution in [1.82, 2.24) is 10.6 Å². The maximum Gasteiger partial charge on any atom is 0.230 e. The molecule has 2 rings (SSSR count). The molecule has 0 saturated heterocycles. The maximum absolute atomic E-state index is 11.9. The van der Waals surface area contributed by atoms with Gasteiger partial charge in [-0.3, -0.25) is 14.4 Å². The van der Waals surface area contributed by atoms with Gasteiger partial charge in [0.2, 0.25) is 16.1 Å². The molecule has 0 aliphatic rings. The third kappa shape index (κ3) is 8.43. The molecule has 0 unspecified atom stereocenters. The van der Waals surface area contributed by atoms with Gasteiger partial charge in [0.05, 0.1) is 5.75 Å². The van der Waals surface area contributed by atoms with Gasteiger partial charge in [-0.25, -0.2) is 0 Å². The summed E-state index contributed by atoms with van der Waals surface area (Å²) in [6, 6.07) is 18.1. The van der Waals surface area contributed by atoms with Gasteiger partial charge in [-0.15, -0.1) is 0 Å². The smallest absolute Gasteiger partial charge is 0.230 e. The fourth-order valence-electron chi connectivity index (χ4n) is 2.13. The van der Waals surface area contributed by atoms with E-state index in [1.807, 2.05) is 24.3 Å². The molecule has 0 fully saturated rings. The SMILES string of the molecule is O=C(CSC(=O)c1ccccc1)NCCNCCSC(=O)c1ccccc1. The summed E-state index contributed by atoms with van der Waals surface area (Å²) >= 11 is 2.27. The molecule has 2 aromatic rings. The number of hydrogen-bond acceptors (Lipinski definition) is 6. The van der Waals surface area contributed by atoms with Gasteiger partial charge in [-0.2, -0.15) is 0 Å². The average Bonchev–Trinajstić information content (AvgIpc) is 2.72. The predicted octanol–water partition coefficient (Wildman–Crippen LogP) is 2.84. The van der Waals surface area contributed by atoms with E-state index in [0.717, 1.165) is 11.8 Å². The quantitative estimate of drug-likeness (QED) is 0.595. The Morgan fingerprint density at radius 2 is 1.26 bits per heavy atom. The lowest BCUT2D eigenvalue weighted by molar-refractivity contribution is -0.118. The first-order valence-corrected chi connectivity index (χ1v) is 10.6. The molecule has 0 radical (unpaired) electrons. The fourth-order valence-corrected chi connectivity index (χ4v) is 3.53. The summed E-state index contributed by atoms with van der Waals surface area (Å²) in [4.78, 5) is 35.5. The van der Waals surface area contributed by atoms with Gasteiger partial charge in [-0.05, 0) is 0 Å². The molecular formula is C20H22N2O3S2. The number of thioether (sulfide) groups is 2. The van der Waals surface area contributed by atoms with E-state index < -0.39 is 0 Å². The minimum atomic E-state index is -0.167. The van der Waals surface area contributed by atoms with Crippen LogP contribution in [0.2, 0.25) is 0 Å². The minimum Gasteiger partial charge on any atom is -0.354 e. The van der Waals surface area contributed by atoms with Gasteiger partial charge < -0.3 is 10.6 Å². The number of nitrogens with one attached hydrogen (secondary N) is 2. The maximum atomic E-state index is 11.9. The van der Waals surface area contributed by atoms with Crippen LogP contribution in [0.3, 0.4) is 0 Å². The zero-order valence-electron chi connectivity index (χ0n) is 14.9. The van der Waals surface area contributed by atoms with E-state index >= 15 is 0 Å². The third-order valence-corrected chi connectivity index (χ3v) is 5.30. The lowest BCUT2D eigenvalue weighted by Gasteiger charge is -2.06. The first-order chi connectivity index (χ1) is 13.2. The largest absolute Gasteiger partial charge is 0.354 e. The highest BCUT2D eigenvalue weighted by Crippen LogP contribution is 2.12. The average molecular weight is 403 g/mol. The number of benzene rings is 2. The summed E-state index contributed by atoms with van der Waals surface area (Å²) in [6.07, 6.45) is 0. The minimum absolute atomic E-state index is 0.0609. The zero-order chi connectivity index (χ0) is 19.3. The molecule has 0 saturated carbocycles. The second-order valence-corrected chi connectivity index (χ2v) is 7.56. The Labute approximate surface area is 167 Å². The highest BCUT2D eigenvalue weighted by molar-refractivity contribution is 8.14. The normalized spacial score (nSPS) is 10.4. The van der Waals surface area contributed by atoms with Crippen molar-refractivity contribution in [2.75, 3.05) is 31.1 Å². The van der Waals surface area contributed by atoms with E-state index in [1.165, 1.54) is 11.8 Å². The summed E-state index contributed by atoms with van der Waals surface area (Å²) in [5.41, 5.74) is 1.30. The zero-order valence-corrected chi connectivity index (χ0v) is 16.5. The van der Waals surface area contributed by atoms with Gasteiger partial charge >= 0.3 is 0 Å². The standard InChI is InChI=1S/C20H22N2O3S2/c23-18(15-27-20(25)17-9-5-2-6-10-17)22-12-11-21-13-14-26-19(24)16-7-3-1-4-8-16/h1-10,21H,11-15H2,(H,22,23). The Kier molecular flexibility index (Phi) is 9.68. The van der Waals surface area contributed by atoms with Crippen molar-refractivity contribution >= 4 is 39.7 Å². The summed E-state index contributed by atoms with van der Waals surface area (Å²) in [5, 5.41) is 5.90. The van der Waals surface area contributed by atoms with Gasteiger partial charge in [0.25, 0.3) is 0 Å². The molecule has 2 aromatic carbocycles. The van der Waals surface area contributed by atoms with Crippen LogP contribution in [-0.4, -0.2) is 47.3 Å². The van der Waals surface area contributed by atoms with E-state index in [2.05, 4.69) is 10.6 Å². The number of carbonyl (C=O) groups is 3. The number of amides is 1. The fraction of sp³-hybridized carbons (Fsp3) is 0.250. The Hall–Kier alpha value is -2.09. The number of carbonyl (C=O) groups excluding carboxylic acids is 3. The summed E-state index contributed by atoms with van der Waals surface area (Å²) in [7, 11) is 0. The van der Waals surface area contributed by atoms with E-state index in [9.17, 15) is 14.4 Å². The van der Waals surface area contributed by atoms with Gasteiger partial charge in [-0.1, -0.05) is 84.2 Å².